The Morgan fingerprint density at radius 1 is 0.500 bits per heavy atom. The lowest BCUT2D eigenvalue weighted by Crippen LogP contribution is -2.02. The highest BCUT2D eigenvalue weighted by Crippen LogP contribution is 2.03. The molecule has 0 aliphatic carbocycles. The summed E-state index contributed by atoms with van der Waals surface area (Å²) in [7, 11) is 0. The van der Waals surface area contributed by atoms with Crippen LogP contribution >= 0.6 is 0 Å². The van der Waals surface area contributed by atoms with Gasteiger partial charge in [0.2, 0.25) is 0 Å². The molecule has 0 aliphatic heterocycles. The first-order valence-electron chi connectivity index (χ1n) is 4.65. The highest BCUT2D eigenvalue weighted by Gasteiger charge is 1.87. The van der Waals surface area contributed by atoms with E-state index in [1.54, 1.807) is 0 Å². The fourth-order valence-corrected chi connectivity index (χ4v) is 0.996. The van der Waals surface area contributed by atoms with Gasteiger partial charge in [0.15, 0.2) is 0 Å². The van der Waals surface area contributed by atoms with E-state index in [0.29, 0.717) is 0 Å². The second kappa shape index (κ2) is 17.1. The first-order valence-corrected chi connectivity index (χ1v) is 4.65. The summed E-state index contributed by atoms with van der Waals surface area (Å²) in [6.45, 7) is 1.69. The molecule has 0 aliphatic rings. The van der Waals surface area contributed by atoms with E-state index in [9.17, 15) is 0 Å². The SMILES string of the molecule is NCCCCCCCCN.NN. The van der Waals surface area contributed by atoms with Crippen LogP contribution in [0.1, 0.15) is 38.5 Å². The van der Waals surface area contributed by atoms with E-state index in [-0.39, 0.29) is 0 Å². The molecule has 0 aromatic heterocycles. The highest BCUT2D eigenvalue weighted by molar-refractivity contribution is 4.45. The lowest BCUT2D eigenvalue weighted by Gasteiger charge is -1.97. The van der Waals surface area contributed by atoms with Crippen molar-refractivity contribution < 1.29 is 0 Å². The van der Waals surface area contributed by atoms with E-state index in [1.165, 1.54) is 38.5 Å². The third-order valence-corrected chi connectivity index (χ3v) is 1.66. The molecule has 12 heavy (non-hydrogen) atoms. The molecule has 4 nitrogen and oxygen atoms in total. The Hall–Kier alpha value is -0.160. The van der Waals surface area contributed by atoms with E-state index in [0.717, 1.165) is 13.1 Å². The molecule has 0 fully saturated rings. The van der Waals surface area contributed by atoms with Crippen LogP contribution in [0.4, 0.5) is 0 Å². The van der Waals surface area contributed by atoms with Crippen LogP contribution in [0.5, 0.6) is 0 Å². The minimum atomic E-state index is 0.844. The van der Waals surface area contributed by atoms with Crippen molar-refractivity contribution in [2.45, 2.75) is 38.5 Å². The van der Waals surface area contributed by atoms with Gasteiger partial charge >= 0.3 is 0 Å². The quantitative estimate of drug-likeness (QED) is 0.250. The molecule has 8 N–H and O–H groups in total. The van der Waals surface area contributed by atoms with E-state index in [2.05, 4.69) is 11.7 Å². The average molecular weight is 176 g/mol. The van der Waals surface area contributed by atoms with E-state index >= 15 is 0 Å². The standard InChI is InChI=1S/C8H20N2.H4N2/c9-7-5-3-1-2-4-6-8-10;1-2/h1-10H2;1-2H2. The number of unbranched alkanes of at least 4 members (excludes halogenated alkanes) is 5. The van der Waals surface area contributed by atoms with Crippen LogP contribution in [0.3, 0.4) is 0 Å². The van der Waals surface area contributed by atoms with Gasteiger partial charge in [-0.3, -0.25) is 11.7 Å². The van der Waals surface area contributed by atoms with Crippen LogP contribution in [-0.4, -0.2) is 13.1 Å². The molecule has 4 heteroatoms. The monoisotopic (exact) mass is 176 g/mol. The first-order chi connectivity index (χ1) is 5.91. The zero-order valence-corrected chi connectivity index (χ0v) is 7.97. The van der Waals surface area contributed by atoms with Gasteiger partial charge in [-0.05, 0) is 25.9 Å². The lowest BCUT2D eigenvalue weighted by atomic mass is 10.1. The van der Waals surface area contributed by atoms with Crippen molar-refractivity contribution >= 4 is 0 Å². The molecular formula is C8H24N4. The molecule has 0 atom stereocenters. The molecule has 0 spiro atoms. The fourth-order valence-electron chi connectivity index (χ4n) is 0.996. The largest absolute Gasteiger partial charge is 0.330 e. The van der Waals surface area contributed by atoms with Crippen LogP contribution in [0.25, 0.3) is 0 Å². The molecule has 0 rings (SSSR count). The molecular weight excluding hydrogens is 152 g/mol. The zero-order valence-electron chi connectivity index (χ0n) is 7.97. The number of rotatable bonds is 7. The molecule has 0 saturated heterocycles. The van der Waals surface area contributed by atoms with Gasteiger partial charge < -0.3 is 11.5 Å². The van der Waals surface area contributed by atoms with Crippen LogP contribution in [0, 0.1) is 0 Å². The van der Waals surface area contributed by atoms with E-state index in [1.807, 2.05) is 0 Å². The van der Waals surface area contributed by atoms with Gasteiger partial charge in [-0.25, -0.2) is 0 Å². The topological polar surface area (TPSA) is 104 Å². The summed E-state index contributed by atoms with van der Waals surface area (Å²) in [4.78, 5) is 0. The normalized spacial score (nSPS) is 9.00. The number of nitrogens with two attached hydrogens (primary N) is 4. The van der Waals surface area contributed by atoms with Crippen molar-refractivity contribution in [2.75, 3.05) is 13.1 Å². The average Bonchev–Trinajstić information content (AvgIpc) is 2.15. The second-order valence-corrected chi connectivity index (χ2v) is 2.70. The van der Waals surface area contributed by atoms with Crippen molar-refractivity contribution in [3.8, 4) is 0 Å². The maximum absolute atomic E-state index is 5.35. The Morgan fingerprint density at radius 3 is 1.00 bits per heavy atom. The molecule has 0 amide bonds. The third kappa shape index (κ3) is 16.4. The van der Waals surface area contributed by atoms with Crippen LogP contribution < -0.4 is 23.2 Å². The lowest BCUT2D eigenvalue weighted by molar-refractivity contribution is 0.601. The molecule has 0 unspecified atom stereocenters. The Bertz CT molecular complexity index is 51.0. The van der Waals surface area contributed by atoms with Crippen molar-refractivity contribution in [3.05, 3.63) is 0 Å². The Kier molecular flexibility index (Phi) is 20.4. The van der Waals surface area contributed by atoms with Gasteiger partial charge in [0.1, 0.15) is 0 Å². The van der Waals surface area contributed by atoms with Crippen molar-refractivity contribution in [2.24, 2.45) is 23.2 Å². The minimum Gasteiger partial charge on any atom is -0.330 e. The number of hydrogen-bond acceptors (Lipinski definition) is 4. The zero-order chi connectivity index (χ0) is 9.66. The van der Waals surface area contributed by atoms with Crippen LogP contribution in [0.2, 0.25) is 0 Å². The van der Waals surface area contributed by atoms with Gasteiger partial charge in [0.25, 0.3) is 0 Å². The first kappa shape index (κ1) is 14.4. The molecule has 0 aromatic rings. The van der Waals surface area contributed by atoms with Crippen molar-refractivity contribution in [3.63, 3.8) is 0 Å². The van der Waals surface area contributed by atoms with E-state index < -0.39 is 0 Å². The van der Waals surface area contributed by atoms with Gasteiger partial charge in [-0.1, -0.05) is 25.7 Å². The molecule has 76 valence electrons. The molecule has 0 heterocycles. The molecule has 0 aromatic carbocycles. The summed E-state index contributed by atoms with van der Waals surface area (Å²) < 4.78 is 0. The number of hydrazine groups is 1. The summed E-state index contributed by atoms with van der Waals surface area (Å²) in [5, 5.41) is 0. The molecule has 0 bridgehead atoms. The van der Waals surface area contributed by atoms with Crippen LogP contribution in [0.15, 0.2) is 0 Å². The maximum Gasteiger partial charge on any atom is -0.00773 e. The van der Waals surface area contributed by atoms with Crippen LogP contribution in [-0.2, 0) is 0 Å². The van der Waals surface area contributed by atoms with Gasteiger partial charge in [-0.15, -0.1) is 0 Å². The van der Waals surface area contributed by atoms with Crippen molar-refractivity contribution in [1.29, 1.82) is 0 Å². The van der Waals surface area contributed by atoms with Crippen molar-refractivity contribution in [1.82, 2.24) is 0 Å². The third-order valence-electron chi connectivity index (χ3n) is 1.66. The Labute approximate surface area is 75.6 Å². The Balaban J connectivity index is 0. The van der Waals surface area contributed by atoms with E-state index in [4.69, 9.17) is 11.5 Å². The summed E-state index contributed by atoms with van der Waals surface area (Å²) in [5.74, 6) is 8.00. The number of hydrogen-bond donors (Lipinski definition) is 4. The summed E-state index contributed by atoms with van der Waals surface area (Å²) in [5.41, 5.74) is 10.7. The summed E-state index contributed by atoms with van der Waals surface area (Å²) in [6.07, 6.45) is 7.61. The predicted octanol–water partition coefficient (Wildman–Crippen LogP) is 0.0632. The summed E-state index contributed by atoms with van der Waals surface area (Å²) in [6, 6.07) is 0. The van der Waals surface area contributed by atoms with Gasteiger partial charge in [0.05, 0.1) is 0 Å². The maximum atomic E-state index is 5.35. The predicted molar refractivity (Wildman–Crippen MR) is 54.2 cm³/mol. The Morgan fingerprint density at radius 2 is 0.750 bits per heavy atom. The fraction of sp³-hybridized carbons (Fsp3) is 1.00. The second-order valence-electron chi connectivity index (χ2n) is 2.70. The van der Waals surface area contributed by atoms with Gasteiger partial charge in [-0.2, -0.15) is 0 Å². The highest BCUT2D eigenvalue weighted by atomic mass is 15.0. The summed E-state index contributed by atoms with van der Waals surface area (Å²) >= 11 is 0. The minimum absolute atomic E-state index is 0.844. The molecule has 0 radical (unpaired) electrons. The smallest absolute Gasteiger partial charge is 0.00773 e. The molecule has 0 saturated carbocycles. The van der Waals surface area contributed by atoms with Gasteiger partial charge in [0, 0.05) is 0 Å².